The van der Waals surface area contributed by atoms with E-state index < -0.39 is 5.97 Å². The Balaban J connectivity index is 2.78. The van der Waals surface area contributed by atoms with E-state index in [4.69, 9.17) is 9.84 Å². The fourth-order valence-corrected chi connectivity index (χ4v) is 1.40. The summed E-state index contributed by atoms with van der Waals surface area (Å²) in [7, 11) is 1.64. The van der Waals surface area contributed by atoms with Crippen molar-refractivity contribution in [1.82, 2.24) is 9.97 Å². The molecular weight excluding hydrogens is 208 g/mol. The summed E-state index contributed by atoms with van der Waals surface area (Å²) in [6.45, 7) is 2.54. The van der Waals surface area contributed by atoms with Crippen LogP contribution in [-0.4, -0.2) is 34.8 Å². The van der Waals surface area contributed by atoms with Gasteiger partial charge < -0.3 is 9.84 Å². The second kappa shape index (κ2) is 6.17. The number of aromatic carboxylic acids is 1. The first-order valence-electron chi connectivity index (χ1n) is 5.26. The molecule has 0 aliphatic heterocycles. The summed E-state index contributed by atoms with van der Waals surface area (Å²) in [5, 5.41) is 8.90. The third-order valence-electron chi connectivity index (χ3n) is 2.23. The molecule has 0 aliphatic carbocycles. The highest BCUT2D eigenvalue weighted by molar-refractivity contribution is 5.88. The third kappa shape index (κ3) is 3.27. The Hall–Kier alpha value is -1.49. The van der Waals surface area contributed by atoms with Gasteiger partial charge in [-0.05, 0) is 12.8 Å². The summed E-state index contributed by atoms with van der Waals surface area (Å²) in [6, 6.07) is 0. The van der Waals surface area contributed by atoms with Gasteiger partial charge >= 0.3 is 5.97 Å². The first-order valence-corrected chi connectivity index (χ1v) is 5.26. The predicted molar refractivity (Wildman–Crippen MR) is 58.6 cm³/mol. The van der Waals surface area contributed by atoms with Crippen molar-refractivity contribution in [3.63, 3.8) is 0 Å². The minimum absolute atomic E-state index is 0.193. The van der Waals surface area contributed by atoms with Crippen LogP contribution in [0.2, 0.25) is 0 Å². The minimum Gasteiger partial charge on any atom is -0.478 e. The first kappa shape index (κ1) is 12.6. The lowest BCUT2D eigenvalue weighted by Crippen LogP contribution is -2.09. The van der Waals surface area contributed by atoms with E-state index in [2.05, 4.69) is 9.97 Å². The van der Waals surface area contributed by atoms with Gasteiger partial charge in [0.15, 0.2) is 0 Å². The summed E-state index contributed by atoms with van der Waals surface area (Å²) in [5.74, 6) is -0.292. The average Bonchev–Trinajstić information content (AvgIpc) is 2.29. The molecule has 0 radical (unpaired) electrons. The van der Waals surface area contributed by atoms with Gasteiger partial charge in [-0.3, -0.25) is 0 Å². The second-order valence-electron chi connectivity index (χ2n) is 3.40. The van der Waals surface area contributed by atoms with E-state index >= 15 is 0 Å². The van der Waals surface area contributed by atoms with Crippen LogP contribution in [0.15, 0.2) is 6.20 Å². The number of carbonyl (C=O) groups is 1. The molecule has 1 aromatic heterocycles. The molecule has 0 aliphatic rings. The molecule has 1 N–H and O–H groups in total. The number of aryl methyl sites for hydroxylation is 2. The van der Waals surface area contributed by atoms with Crippen molar-refractivity contribution in [2.75, 3.05) is 13.7 Å². The van der Waals surface area contributed by atoms with Gasteiger partial charge in [-0.25, -0.2) is 14.8 Å². The largest absolute Gasteiger partial charge is 0.478 e. The molecule has 0 spiro atoms. The summed E-state index contributed by atoms with van der Waals surface area (Å²) < 4.78 is 4.93. The zero-order valence-corrected chi connectivity index (χ0v) is 9.56. The van der Waals surface area contributed by atoms with E-state index in [0.29, 0.717) is 31.0 Å². The van der Waals surface area contributed by atoms with Crippen molar-refractivity contribution in [2.24, 2.45) is 0 Å². The number of hydrogen-bond donors (Lipinski definition) is 1. The Morgan fingerprint density at radius 3 is 2.88 bits per heavy atom. The van der Waals surface area contributed by atoms with Crippen LogP contribution in [0.1, 0.15) is 35.2 Å². The number of aromatic nitrogens is 2. The van der Waals surface area contributed by atoms with Crippen LogP contribution in [0.5, 0.6) is 0 Å². The number of carboxylic acid groups (broad SMARTS) is 1. The van der Waals surface area contributed by atoms with Crippen molar-refractivity contribution >= 4 is 5.97 Å². The molecule has 5 nitrogen and oxygen atoms in total. The van der Waals surface area contributed by atoms with Crippen LogP contribution in [-0.2, 0) is 17.6 Å². The van der Waals surface area contributed by atoms with E-state index in [1.807, 2.05) is 6.92 Å². The molecule has 5 heteroatoms. The molecule has 0 saturated carbocycles. The monoisotopic (exact) mass is 224 g/mol. The maximum absolute atomic E-state index is 10.9. The molecule has 0 fully saturated rings. The summed E-state index contributed by atoms with van der Waals surface area (Å²) in [6.07, 6.45) is 3.53. The third-order valence-corrected chi connectivity index (χ3v) is 2.23. The van der Waals surface area contributed by atoms with Crippen LogP contribution in [0, 0.1) is 0 Å². The summed E-state index contributed by atoms with van der Waals surface area (Å²) >= 11 is 0. The lowest BCUT2D eigenvalue weighted by Gasteiger charge is -2.05. The SMILES string of the molecule is CCc1nc(CCCOC)ncc1C(=O)O. The van der Waals surface area contributed by atoms with Crippen molar-refractivity contribution in [2.45, 2.75) is 26.2 Å². The number of nitrogens with zero attached hydrogens (tertiary/aromatic N) is 2. The molecule has 0 bridgehead atoms. The van der Waals surface area contributed by atoms with Crippen molar-refractivity contribution in [3.05, 3.63) is 23.3 Å². The average molecular weight is 224 g/mol. The quantitative estimate of drug-likeness (QED) is 0.738. The van der Waals surface area contributed by atoms with Crippen LogP contribution >= 0.6 is 0 Å². The maximum Gasteiger partial charge on any atom is 0.339 e. The van der Waals surface area contributed by atoms with Crippen LogP contribution in [0.4, 0.5) is 0 Å². The van der Waals surface area contributed by atoms with Gasteiger partial charge in [0.2, 0.25) is 0 Å². The molecule has 1 rings (SSSR count). The van der Waals surface area contributed by atoms with E-state index in [1.54, 1.807) is 7.11 Å². The molecule has 88 valence electrons. The zero-order valence-electron chi connectivity index (χ0n) is 9.56. The number of hydrogen-bond acceptors (Lipinski definition) is 4. The molecule has 16 heavy (non-hydrogen) atoms. The Bertz CT molecular complexity index is 366. The summed E-state index contributed by atoms with van der Waals surface area (Å²) in [4.78, 5) is 19.1. The van der Waals surface area contributed by atoms with Gasteiger partial charge in [0.1, 0.15) is 5.82 Å². The van der Waals surface area contributed by atoms with Crippen molar-refractivity contribution in [1.29, 1.82) is 0 Å². The first-order chi connectivity index (χ1) is 7.69. The van der Waals surface area contributed by atoms with Gasteiger partial charge in [-0.15, -0.1) is 0 Å². The normalized spacial score (nSPS) is 10.4. The number of methoxy groups -OCH3 is 1. The van der Waals surface area contributed by atoms with E-state index in [9.17, 15) is 4.79 Å². The fourth-order valence-electron chi connectivity index (χ4n) is 1.40. The second-order valence-corrected chi connectivity index (χ2v) is 3.40. The molecule has 1 aromatic rings. The van der Waals surface area contributed by atoms with Gasteiger partial charge in [-0.2, -0.15) is 0 Å². The molecular formula is C11H16N2O3. The van der Waals surface area contributed by atoms with E-state index in [1.165, 1.54) is 6.20 Å². The molecule has 0 aromatic carbocycles. The fraction of sp³-hybridized carbons (Fsp3) is 0.545. The van der Waals surface area contributed by atoms with Gasteiger partial charge in [-0.1, -0.05) is 6.92 Å². The Morgan fingerprint density at radius 2 is 2.31 bits per heavy atom. The Kier molecular flexibility index (Phi) is 4.85. The molecule has 1 heterocycles. The Morgan fingerprint density at radius 1 is 1.56 bits per heavy atom. The minimum atomic E-state index is -0.972. The topological polar surface area (TPSA) is 72.3 Å². The highest BCUT2D eigenvalue weighted by Gasteiger charge is 2.11. The number of carboxylic acids is 1. The van der Waals surface area contributed by atoms with Crippen molar-refractivity contribution < 1.29 is 14.6 Å². The maximum atomic E-state index is 10.9. The molecule has 0 atom stereocenters. The zero-order chi connectivity index (χ0) is 12.0. The highest BCUT2D eigenvalue weighted by Crippen LogP contribution is 2.07. The molecule has 0 amide bonds. The van der Waals surface area contributed by atoms with E-state index in [0.717, 1.165) is 6.42 Å². The van der Waals surface area contributed by atoms with E-state index in [-0.39, 0.29) is 5.56 Å². The highest BCUT2D eigenvalue weighted by atomic mass is 16.5. The lowest BCUT2D eigenvalue weighted by atomic mass is 10.2. The summed E-state index contributed by atoms with van der Waals surface area (Å²) in [5.41, 5.74) is 0.785. The van der Waals surface area contributed by atoms with Gasteiger partial charge in [0.25, 0.3) is 0 Å². The molecule has 0 unspecified atom stereocenters. The van der Waals surface area contributed by atoms with Crippen LogP contribution < -0.4 is 0 Å². The van der Waals surface area contributed by atoms with Gasteiger partial charge in [0, 0.05) is 26.3 Å². The van der Waals surface area contributed by atoms with Gasteiger partial charge in [0.05, 0.1) is 11.3 Å². The standard InChI is InChI=1S/C11H16N2O3/c1-3-9-8(11(14)15)7-12-10(13-9)5-4-6-16-2/h7H,3-6H2,1-2H3,(H,14,15). The molecule has 0 saturated heterocycles. The van der Waals surface area contributed by atoms with Crippen LogP contribution in [0.25, 0.3) is 0 Å². The number of ether oxygens (including phenoxy) is 1. The smallest absolute Gasteiger partial charge is 0.339 e. The number of rotatable bonds is 6. The predicted octanol–water partition coefficient (Wildman–Crippen LogP) is 1.32. The lowest BCUT2D eigenvalue weighted by molar-refractivity contribution is 0.0694. The van der Waals surface area contributed by atoms with Crippen LogP contribution in [0.3, 0.4) is 0 Å². The van der Waals surface area contributed by atoms with Crippen molar-refractivity contribution in [3.8, 4) is 0 Å². The Labute approximate surface area is 94.5 Å².